The van der Waals surface area contributed by atoms with Crippen LogP contribution in [0.5, 0.6) is 0 Å². The molecule has 1 amide bonds. The van der Waals surface area contributed by atoms with Gasteiger partial charge in [0.2, 0.25) is 0 Å². The second-order valence-electron chi connectivity index (χ2n) is 5.75. The number of nitrogens with one attached hydrogen (secondary N) is 1. The highest BCUT2D eigenvalue weighted by Crippen LogP contribution is 2.31. The number of aryl methyl sites for hydroxylation is 2. The monoisotopic (exact) mass is 341 g/mol. The normalized spacial score (nSPS) is 26.2. The van der Waals surface area contributed by atoms with Gasteiger partial charge in [0.25, 0.3) is 5.91 Å². The van der Waals surface area contributed by atoms with Crippen molar-refractivity contribution < 1.29 is 4.79 Å². The van der Waals surface area contributed by atoms with Gasteiger partial charge < -0.3 is 5.32 Å². The number of thiophene rings is 1. The minimum Gasteiger partial charge on any atom is -0.351 e. The fourth-order valence-corrected chi connectivity index (χ4v) is 5.20. The van der Waals surface area contributed by atoms with Crippen molar-refractivity contribution in [2.45, 2.75) is 49.8 Å². The average Bonchev–Trinajstić information content (AvgIpc) is 2.96. The van der Waals surface area contributed by atoms with Crippen molar-refractivity contribution in [2.75, 3.05) is 6.54 Å². The van der Waals surface area contributed by atoms with E-state index >= 15 is 0 Å². The van der Waals surface area contributed by atoms with Crippen LogP contribution < -0.4 is 5.32 Å². The van der Waals surface area contributed by atoms with Crippen LogP contribution >= 0.6 is 27.3 Å². The van der Waals surface area contributed by atoms with Crippen molar-refractivity contribution in [1.29, 1.82) is 0 Å². The summed E-state index contributed by atoms with van der Waals surface area (Å²) in [4.78, 5) is 15.2. The molecule has 0 aromatic carbocycles. The Morgan fingerprint density at radius 1 is 1.37 bits per heavy atom. The summed E-state index contributed by atoms with van der Waals surface area (Å²) in [6, 6.07) is 2.11. The third-order valence-corrected chi connectivity index (χ3v) is 6.31. The molecule has 3 rings (SSSR count). The average molecular weight is 342 g/mol. The second kappa shape index (κ2) is 5.96. The summed E-state index contributed by atoms with van der Waals surface area (Å²) >= 11 is 5.40. The van der Waals surface area contributed by atoms with Crippen LogP contribution in [0.3, 0.4) is 0 Å². The maximum absolute atomic E-state index is 12.2. The van der Waals surface area contributed by atoms with Gasteiger partial charge in [-0.15, -0.1) is 11.3 Å². The van der Waals surface area contributed by atoms with Gasteiger partial charge in [-0.3, -0.25) is 4.79 Å². The third kappa shape index (κ3) is 3.22. The van der Waals surface area contributed by atoms with E-state index in [4.69, 9.17) is 0 Å². The zero-order valence-electron chi connectivity index (χ0n) is 11.1. The first-order valence-corrected chi connectivity index (χ1v) is 8.99. The summed E-state index contributed by atoms with van der Waals surface area (Å²) < 4.78 is 0. The Balaban J connectivity index is 1.53. The molecule has 1 saturated carbocycles. The largest absolute Gasteiger partial charge is 0.351 e. The van der Waals surface area contributed by atoms with Crippen LogP contribution in [-0.4, -0.2) is 17.3 Å². The van der Waals surface area contributed by atoms with Crippen molar-refractivity contribution in [2.24, 2.45) is 5.92 Å². The van der Waals surface area contributed by atoms with E-state index in [0.717, 1.165) is 17.8 Å². The fraction of sp³-hybridized carbons (Fsp3) is 0.667. The molecule has 1 aromatic rings. The van der Waals surface area contributed by atoms with E-state index in [0.29, 0.717) is 10.7 Å². The van der Waals surface area contributed by atoms with Crippen molar-refractivity contribution >= 4 is 33.2 Å². The number of carbonyl (C=O) groups excluding carboxylic acids is 1. The Morgan fingerprint density at radius 2 is 2.26 bits per heavy atom. The number of alkyl halides is 1. The second-order valence-corrected chi connectivity index (χ2v) is 8.18. The van der Waals surface area contributed by atoms with Gasteiger partial charge in [-0.25, -0.2) is 0 Å². The molecule has 4 heteroatoms. The van der Waals surface area contributed by atoms with Gasteiger partial charge in [0.05, 0.1) is 4.88 Å². The summed E-state index contributed by atoms with van der Waals surface area (Å²) in [7, 11) is 0. The van der Waals surface area contributed by atoms with E-state index in [1.54, 1.807) is 11.3 Å². The number of fused-ring (bicyclic) bond motifs is 1. The quantitative estimate of drug-likeness (QED) is 0.829. The number of rotatable bonds is 3. The van der Waals surface area contributed by atoms with Gasteiger partial charge in [-0.2, -0.15) is 0 Å². The van der Waals surface area contributed by atoms with Crippen molar-refractivity contribution in [3.63, 3.8) is 0 Å². The molecule has 0 radical (unpaired) electrons. The van der Waals surface area contributed by atoms with Gasteiger partial charge in [0.1, 0.15) is 0 Å². The standard InChI is InChI=1S/C15H20BrNOS/c16-12-5-1-3-10(7-12)9-17-15(18)14-8-11-4-2-6-13(11)19-14/h8,10,12H,1-7,9H2,(H,17,18). The third-order valence-electron chi connectivity index (χ3n) is 4.24. The number of halogens is 1. The van der Waals surface area contributed by atoms with Crippen LogP contribution in [0, 0.1) is 5.92 Å². The maximum atomic E-state index is 12.2. The lowest BCUT2D eigenvalue weighted by atomic mass is 9.89. The van der Waals surface area contributed by atoms with Crippen molar-refractivity contribution in [1.82, 2.24) is 5.32 Å². The SMILES string of the molecule is O=C(NCC1CCCC(Br)C1)c1cc2c(s1)CCC2. The lowest BCUT2D eigenvalue weighted by molar-refractivity contribution is 0.0948. The lowest BCUT2D eigenvalue weighted by Crippen LogP contribution is -2.31. The molecule has 0 aliphatic heterocycles. The molecule has 2 atom stereocenters. The zero-order valence-corrected chi connectivity index (χ0v) is 13.5. The molecule has 1 heterocycles. The summed E-state index contributed by atoms with van der Waals surface area (Å²) in [6.45, 7) is 0.837. The molecule has 2 nitrogen and oxygen atoms in total. The smallest absolute Gasteiger partial charge is 0.261 e. The summed E-state index contributed by atoms with van der Waals surface area (Å²) in [5, 5.41) is 3.13. The minimum atomic E-state index is 0.135. The molecule has 2 aliphatic carbocycles. The van der Waals surface area contributed by atoms with Crippen LogP contribution in [0.25, 0.3) is 0 Å². The first-order valence-electron chi connectivity index (χ1n) is 7.26. The predicted molar refractivity (Wildman–Crippen MR) is 83.4 cm³/mol. The van der Waals surface area contributed by atoms with Gasteiger partial charge in [-0.05, 0) is 56.1 Å². The van der Waals surface area contributed by atoms with Gasteiger partial charge in [-0.1, -0.05) is 22.4 Å². The predicted octanol–water partition coefficient (Wildman–Crippen LogP) is 3.92. The number of carbonyl (C=O) groups is 1. The topological polar surface area (TPSA) is 29.1 Å². The van der Waals surface area contributed by atoms with Crippen LogP contribution in [0.4, 0.5) is 0 Å². The number of hydrogen-bond acceptors (Lipinski definition) is 2. The molecule has 19 heavy (non-hydrogen) atoms. The van der Waals surface area contributed by atoms with Gasteiger partial charge in [0, 0.05) is 16.2 Å². The molecular formula is C15H20BrNOS. The van der Waals surface area contributed by atoms with Crippen LogP contribution in [0.15, 0.2) is 6.07 Å². The molecule has 2 unspecified atom stereocenters. The minimum absolute atomic E-state index is 0.135. The lowest BCUT2D eigenvalue weighted by Gasteiger charge is -2.25. The molecule has 104 valence electrons. The van der Waals surface area contributed by atoms with Crippen LogP contribution in [0.1, 0.15) is 52.2 Å². The Morgan fingerprint density at radius 3 is 3.05 bits per heavy atom. The highest BCUT2D eigenvalue weighted by atomic mass is 79.9. The van der Waals surface area contributed by atoms with Crippen LogP contribution in [0.2, 0.25) is 0 Å². The highest BCUT2D eigenvalue weighted by molar-refractivity contribution is 9.09. The zero-order chi connectivity index (χ0) is 13.2. The summed E-state index contributed by atoms with van der Waals surface area (Å²) in [5.74, 6) is 0.782. The van der Waals surface area contributed by atoms with Crippen LogP contribution in [-0.2, 0) is 12.8 Å². The molecule has 1 N–H and O–H groups in total. The molecule has 1 fully saturated rings. The van der Waals surface area contributed by atoms with Gasteiger partial charge in [0.15, 0.2) is 0 Å². The Hall–Kier alpha value is -0.350. The Labute approximate surface area is 127 Å². The molecule has 2 aliphatic rings. The molecule has 0 bridgehead atoms. The van der Waals surface area contributed by atoms with E-state index in [-0.39, 0.29) is 5.91 Å². The fourth-order valence-electron chi connectivity index (χ4n) is 3.18. The molecular weight excluding hydrogens is 322 g/mol. The van der Waals surface area contributed by atoms with Crippen molar-refractivity contribution in [3.8, 4) is 0 Å². The molecule has 0 saturated heterocycles. The van der Waals surface area contributed by atoms with E-state index < -0.39 is 0 Å². The summed E-state index contributed by atoms with van der Waals surface area (Å²) in [5.41, 5.74) is 1.41. The first-order chi connectivity index (χ1) is 9.22. The molecule has 1 aromatic heterocycles. The Bertz CT molecular complexity index is 449. The van der Waals surface area contributed by atoms with E-state index in [1.807, 2.05) is 0 Å². The highest BCUT2D eigenvalue weighted by Gasteiger charge is 2.22. The first kappa shape index (κ1) is 13.6. The van der Waals surface area contributed by atoms with E-state index in [2.05, 4.69) is 27.3 Å². The van der Waals surface area contributed by atoms with E-state index in [9.17, 15) is 4.79 Å². The van der Waals surface area contributed by atoms with E-state index in [1.165, 1.54) is 49.0 Å². The number of amides is 1. The Kier molecular flexibility index (Phi) is 4.27. The summed E-state index contributed by atoms with van der Waals surface area (Å²) in [6.07, 6.45) is 8.60. The van der Waals surface area contributed by atoms with Crippen molar-refractivity contribution in [3.05, 3.63) is 21.4 Å². The number of hydrogen-bond donors (Lipinski definition) is 1. The molecule has 0 spiro atoms. The maximum Gasteiger partial charge on any atom is 0.261 e. The van der Waals surface area contributed by atoms with Gasteiger partial charge >= 0.3 is 0 Å².